The summed E-state index contributed by atoms with van der Waals surface area (Å²) in [5.41, 5.74) is 0. The van der Waals surface area contributed by atoms with Crippen molar-refractivity contribution in [2.75, 3.05) is 26.2 Å². The van der Waals surface area contributed by atoms with Gasteiger partial charge in [-0.25, -0.2) is 4.79 Å². The Morgan fingerprint density at radius 1 is 1.09 bits per heavy atom. The van der Waals surface area contributed by atoms with Crippen LogP contribution in [0.1, 0.15) is 50.8 Å². The molecule has 0 atom stereocenters. The maximum atomic E-state index is 11.7. The van der Waals surface area contributed by atoms with Crippen LogP contribution in [0, 0.1) is 0 Å². The Morgan fingerprint density at radius 3 is 2.36 bits per heavy atom. The third kappa shape index (κ3) is 9.05. The molecule has 0 aromatic carbocycles. The molecule has 126 valence electrons. The first-order valence-corrected chi connectivity index (χ1v) is 9.40. The second-order valence-electron chi connectivity index (χ2n) is 5.59. The number of unbranched alkanes of at least 4 members (excludes halogenated alkanes) is 2. The van der Waals surface area contributed by atoms with Crippen LogP contribution in [0.5, 0.6) is 0 Å². The van der Waals surface area contributed by atoms with Gasteiger partial charge in [0.05, 0.1) is 6.54 Å². The number of rotatable bonds is 12. The summed E-state index contributed by atoms with van der Waals surface area (Å²) in [5, 5.41) is 7.85. The highest BCUT2D eigenvalue weighted by Gasteiger charge is 2.05. The van der Waals surface area contributed by atoms with E-state index in [1.807, 2.05) is 17.5 Å². The van der Waals surface area contributed by atoms with Crippen molar-refractivity contribution >= 4 is 17.4 Å². The van der Waals surface area contributed by atoms with Gasteiger partial charge in [-0.3, -0.25) is 0 Å². The van der Waals surface area contributed by atoms with E-state index >= 15 is 0 Å². The van der Waals surface area contributed by atoms with Gasteiger partial charge in [-0.1, -0.05) is 32.8 Å². The monoisotopic (exact) mass is 325 g/mol. The van der Waals surface area contributed by atoms with Gasteiger partial charge in [0.1, 0.15) is 0 Å². The van der Waals surface area contributed by atoms with Crippen LogP contribution in [0.15, 0.2) is 17.5 Å². The van der Waals surface area contributed by atoms with Gasteiger partial charge in [-0.2, -0.15) is 0 Å². The lowest BCUT2D eigenvalue weighted by molar-refractivity contribution is 0.237. The van der Waals surface area contributed by atoms with Crippen molar-refractivity contribution in [3.05, 3.63) is 22.4 Å². The molecule has 22 heavy (non-hydrogen) atoms. The molecule has 2 amide bonds. The number of amides is 2. The predicted octanol–water partition coefficient (Wildman–Crippen LogP) is 3.84. The second-order valence-corrected chi connectivity index (χ2v) is 6.62. The zero-order valence-corrected chi connectivity index (χ0v) is 14.9. The van der Waals surface area contributed by atoms with Crippen LogP contribution in [-0.4, -0.2) is 37.1 Å². The maximum Gasteiger partial charge on any atom is 0.315 e. The molecule has 0 aliphatic heterocycles. The third-order valence-electron chi connectivity index (χ3n) is 3.60. The molecule has 0 saturated heterocycles. The number of thiophene rings is 1. The number of carbonyl (C=O) groups excluding carboxylic acids is 1. The molecule has 5 heteroatoms. The molecule has 0 spiro atoms. The summed E-state index contributed by atoms with van der Waals surface area (Å²) in [5.74, 6) is 0. The fourth-order valence-corrected chi connectivity index (χ4v) is 2.89. The summed E-state index contributed by atoms with van der Waals surface area (Å²) in [4.78, 5) is 15.4. The topological polar surface area (TPSA) is 44.4 Å². The fraction of sp³-hybridized carbons (Fsp3) is 0.706. The molecule has 0 radical (unpaired) electrons. The molecule has 4 nitrogen and oxygen atoms in total. The average Bonchev–Trinajstić information content (AvgIpc) is 3.04. The zero-order valence-electron chi connectivity index (χ0n) is 14.1. The molecular weight excluding hydrogens is 294 g/mol. The van der Waals surface area contributed by atoms with E-state index in [-0.39, 0.29) is 6.03 Å². The number of carbonyl (C=O) groups is 1. The van der Waals surface area contributed by atoms with Gasteiger partial charge in [0.15, 0.2) is 0 Å². The molecule has 0 aliphatic rings. The SMILES string of the molecule is CCCCN(CCCC)CCCNC(=O)NCc1cccs1. The predicted molar refractivity (Wildman–Crippen MR) is 95.4 cm³/mol. The van der Waals surface area contributed by atoms with E-state index in [4.69, 9.17) is 0 Å². The van der Waals surface area contributed by atoms with E-state index in [2.05, 4.69) is 29.4 Å². The van der Waals surface area contributed by atoms with Crippen LogP contribution in [-0.2, 0) is 6.54 Å². The van der Waals surface area contributed by atoms with Gasteiger partial charge < -0.3 is 15.5 Å². The summed E-state index contributed by atoms with van der Waals surface area (Å²) in [6, 6.07) is 3.97. The van der Waals surface area contributed by atoms with Gasteiger partial charge in [0.2, 0.25) is 0 Å². The van der Waals surface area contributed by atoms with Crippen molar-refractivity contribution in [2.45, 2.75) is 52.5 Å². The van der Waals surface area contributed by atoms with E-state index < -0.39 is 0 Å². The normalized spacial score (nSPS) is 10.9. The molecule has 1 aromatic heterocycles. The molecule has 0 saturated carbocycles. The molecule has 0 fully saturated rings. The first-order valence-electron chi connectivity index (χ1n) is 8.52. The molecule has 0 bridgehead atoms. The van der Waals surface area contributed by atoms with Crippen LogP contribution < -0.4 is 10.6 Å². The average molecular weight is 326 g/mol. The van der Waals surface area contributed by atoms with Gasteiger partial charge in [-0.15, -0.1) is 11.3 Å². The highest BCUT2D eigenvalue weighted by molar-refractivity contribution is 7.09. The molecule has 0 aliphatic carbocycles. The van der Waals surface area contributed by atoms with E-state index in [9.17, 15) is 4.79 Å². The van der Waals surface area contributed by atoms with Crippen molar-refractivity contribution in [1.29, 1.82) is 0 Å². The highest BCUT2D eigenvalue weighted by atomic mass is 32.1. The molecule has 2 N–H and O–H groups in total. The lowest BCUT2D eigenvalue weighted by Crippen LogP contribution is -2.37. The van der Waals surface area contributed by atoms with Crippen LogP contribution in [0.4, 0.5) is 4.79 Å². The number of nitrogens with zero attached hydrogens (tertiary/aromatic N) is 1. The third-order valence-corrected chi connectivity index (χ3v) is 4.47. The molecule has 1 rings (SSSR count). The van der Waals surface area contributed by atoms with E-state index in [1.54, 1.807) is 11.3 Å². The van der Waals surface area contributed by atoms with Gasteiger partial charge in [-0.05, 0) is 50.3 Å². The first kappa shape index (κ1) is 19.0. The minimum Gasteiger partial charge on any atom is -0.338 e. The smallest absolute Gasteiger partial charge is 0.315 e. The first-order chi connectivity index (χ1) is 10.8. The Kier molecular flexibility index (Phi) is 10.8. The Balaban J connectivity index is 2.08. The summed E-state index contributed by atoms with van der Waals surface area (Å²) < 4.78 is 0. The maximum absolute atomic E-state index is 11.7. The number of nitrogens with one attached hydrogen (secondary N) is 2. The number of urea groups is 1. The summed E-state index contributed by atoms with van der Waals surface area (Å²) in [6.07, 6.45) is 6.02. The number of hydrogen-bond acceptors (Lipinski definition) is 3. The Bertz CT molecular complexity index is 373. The minimum atomic E-state index is -0.0675. The van der Waals surface area contributed by atoms with Gasteiger partial charge >= 0.3 is 6.03 Å². The summed E-state index contributed by atoms with van der Waals surface area (Å²) in [7, 11) is 0. The van der Waals surface area contributed by atoms with Crippen LogP contribution in [0.2, 0.25) is 0 Å². The van der Waals surface area contributed by atoms with Crippen molar-refractivity contribution in [2.24, 2.45) is 0 Å². The van der Waals surface area contributed by atoms with Crippen molar-refractivity contribution in [1.82, 2.24) is 15.5 Å². The largest absolute Gasteiger partial charge is 0.338 e. The lowest BCUT2D eigenvalue weighted by Gasteiger charge is -2.21. The van der Waals surface area contributed by atoms with Crippen LogP contribution in [0.3, 0.4) is 0 Å². The standard InChI is InChI=1S/C17H31N3OS/c1-3-5-11-20(12-6-4-2)13-8-10-18-17(21)19-15-16-9-7-14-22-16/h7,9,14H,3-6,8,10-13,15H2,1-2H3,(H2,18,19,21). The Hall–Kier alpha value is -1.07. The Morgan fingerprint density at radius 2 is 1.77 bits per heavy atom. The highest BCUT2D eigenvalue weighted by Crippen LogP contribution is 2.07. The van der Waals surface area contributed by atoms with Gasteiger partial charge in [0, 0.05) is 11.4 Å². The van der Waals surface area contributed by atoms with Crippen LogP contribution in [0.25, 0.3) is 0 Å². The summed E-state index contributed by atoms with van der Waals surface area (Å²) in [6.45, 7) is 9.26. The van der Waals surface area contributed by atoms with Crippen LogP contribution >= 0.6 is 11.3 Å². The van der Waals surface area contributed by atoms with E-state index in [0.29, 0.717) is 6.54 Å². The molecule has 0 unspecified atom stereocenters. The lowest BCUT2D eigenvalue weighted by atomic mass is 10.2. The van der Waals surface area contributed by atoms with Crippen molar-refractivity contribution in [3.63, 3.8) is 0 Å². The minimum absolute atomic E-state index is 0.0675. The van der Waals surface area contributed by atoms with E-state index in [1.165, 1.54) is 43.6 Å². The van der Waals surface area contributed by atoms with Crippen molar-refractivity contribution < 1.29 is 4.79 Å². The zero-order chi connectivity index (χ0) is 16.0. The molecular formula is C17H31N3OS. The Labute approximate surface area is 139 Å². The van der Waals surface area contributed by atoms with Crippen molar-refractivity contribution in [3.8, 4) is 0 Å². The van der Waals surface area contributed by atoms with E-state index in [0.717, 1.165) is 19.5 Å². The van der Waals surface area contributed by atoms with Gasteiger partial charge in [0.25, 0.3) is 0 Å². The summed E-state index contributed by atoms with van der Waals surface area (Å²) >= 11 is 1.66. The second kappa shape index (κ2) is 12.5. The molecule has 1 heterocycles. The fourth-order valence-electron chi connectivity index (χ4n) is 2.25. The quantitative estimate of drug-likeness (QED) is 0.574. The molecule has 1 aromatic rings. The number of hydrogen-bond donors (Lipinski definition) is 2.